The van der Waals surface area contributed by atoms with Gasteiger partial charge in [0.05, 0.1) is 5.02 Å². The number of rotatable bonds is 3. The van der Waals surface area contributed by atoms with Gasteiger partial charge in [-0.15, -0.1) is 0 Å². The van der Waals surface area contributed by atoms with Gasteiger partial charge in [-0.3, -0.25) is 0 Å². The van der Waals surface area contributed by atoms with E-state index in [-0.39, 0.29) is 0 Å². The molecule has 0 radical (unpaired) electrons. The van der Waals surface area contributed by atoms with Crippen LogP contribution in [0.5, 0.6) is 0 Å². The number of aromatic amines is 1. The second-order valence-corrected chi connectivity index (χ2v) is 4.65. The SMILES string of the molecule is CCCc1cc(=S)nc(-c2ccccc2Cl)[nH]1. The van der Waals surface area contributed by atoms with Crippen molar-refractivity contribution < 1.29 is 0 Å². The van der Waals surface area contributed by atoms with E-state index in [1.165, 1.54) is 0 Å². The molecule has 0 amide bonds. The summed E-state index contributed by atoms with van der Waals surface area (Å²) in [5.74, 6) is 0.742. The number of hydrogen-bond acceptors (Lipinski definition) is 2. The maximum Gasteiger partial charge on any atom is 0.140 e. The van der Waals surface area contributed by atoms with Crippen molar-refractivity contribution in [1.82, 2.24) is 9.97 Å². The number of nitrogens with one attached hydrogen (secondary N) is 1. The Kier molecular flexibility index (Phi) is 3.92. The van der Waals surface area contributed by atoms with Gasteiger partial charge in [0.2, 0.25) is 0 Å². The van der Waals surface area contributed by atoms with E-state index in [4.69, 9.17) is 23.8 Å². The molecule has 1 heterocycles. The molecule has 0 unspecified atom stereocenters. The van der Waals surface area contributed by atoms with Crippen LogP contribution in [0.3, 0.4) is 0 Å². The summed E-state index contributed by atoms with van der Waals surface area (Å²) in [4.78, 5) is 7.60. The number of H-pyrrole nitrogens is 1. The smallest absolute Gasteiger partial charge is 0.140 e. The lowest BCUT2D eigenvalue weighted by Gasteiger charge is -2.06. The Morgan fingerprint density at radius 2 is 2.12 bits per heavy atom. The molecule has 1 aromatic carbocycles. The van der Waals surface area contributed by atoms with E-state index in [0.29, 0.717) is 9.66 Å². The molecule has 2 rings (SSSR count). The van der Waals surface area contributed by atoms with Crippen LogP contribution in [0.2, 0.25) is 5.02 Å². The molecule has 0 fully saturated rings. The van der Waals surface area contributed by atoms with Crippen molar-refractivity contribution in [3.63, 3.8) is 0 Å². The zero-order chi connectivity index (χ0) is 12.3. The first-order valence-corrected chi connectivity index (χ1v) is 6.34. The van der Waals surface area contributed by atoms with E-state index < -0.39 is 0 Å². The Labute approximate surface area is 111 Å². The molecule has 2 aromatic rings. The molecule has 0 aliphatic heterocycles. The highest BCUT2D eigenvalue weighted by Gasteiger charge is 2.05. The van der Waals surface area contributed by atoms with Crippen LogP contribution in [-0.4, -0.2) is 9.97 Å². The highest BCUT2D eigenvalue weighted by molar-refractivity contribution is 7.71. The Morgan fingerprint density at radius 1 is 1.35 bits per heavy atom. The summed E-state index contributed by atoms with van der Waals surface area (Å²) < 4.78 is 0.599. The van der Waals surface area contributed by atoms with Gasteiger partial charge in [-0.25, -0.2) is 4.98 Å². The van der Waals surface area contributed by atoms with Crippen molar-refractivity contribution in [2.75, 3.05) is 0 Å². The predicted octanol–water partition coefficient (Wildman–Crippen LogP) is 4.41. The van der Waals surface area contributed by atoms with E-state index in [0.717, 1.165) is 29.9 Å². The van der Waals surface area contributed by atoms with Gasteiger partial charge < -0.3 is 4.98 Å². The number of benzene rings is 1. The van der Waals surface area contributed by atoms with Crippen molar-refractivity contribution in [2.24, 2.45) is 0 Å². The summed E-state index contributed by atoms with van der Waals surface area (Å²) in [5.41, 5.74) is 1.99. The van der Waals surface area contributed by atoms with Gasteiger partial charge >= 0.3 is 0 Å². The zero-order valence-corrected chi connectivity index (χ0v) is 11.1. The van der Waals surface area contributed by atoms with Crippen molar-refractivity contribution in [3.05, 3.63) is 45.7 Å². The normalized spacial score (nSPS) is 10.5. The van der Waals surface area contributed by atoms with E-state index in [1.54, 1.807) is 0 Å². The van der Waals surface area contributed by atoms with Gasteiger partial charge in [0.25, 0.3) is 0 Å². The molecule has 0 atom stereocenters. The minimum Gasteiger partial charge on any atom is -0.343 e. The summed E-state index contributed by atoms with van der Waals surface area (Å²) in [6.45, 7) is 2.13. The number of aromatic nitrogens is 2. The molecule has 1 aromatic heterocycles. The third-order valence-corrected chi connectivity index (χ3v) is 2.99. The highest BCUT2D eigenvalue weighted by atomic mass is 35.5. The molecule has 88 valence electrons. The minimum atomic E-state index is 0.599. The Hall–Kier alpha value is -1.19. The number of hydrogen-bond donors (Lipinski definition) is 1. The fraction of sp³-hybridized carbons (Fsp3) is 0.231. The van der Waals surface area contributed by atoms with Crippen LogP contribution in [0, 0.1) is 4.64 Å². The van der Waals surface area contributed by atoms with Gasteiger partial charge in [0.1, 0.15) is 10.5 Å². The lowest BCUT2D eigenvalue weighted by atomic mass is 10.2. The van der Waals surface area contributed by atoms with E-state index >= 15 is 0 Å². The van der Waals surface area contributed by atoms with Gasteiger partial charge in [-0.2, -0.15) is 0 Å². The van der Waals surface area contributed by atoms with E-state index in [2.05, 4.69) is 16.9 Å². The summed E-state index contributed by atoms with van der Waals surface area (Å²) in [7, 11) is 0. The maximum atomic E-state index is 6.15. The average molecular weight is 265 g/mol. The Morgan fingerprint density at radius 3 is 2.82 bits per heavy atom. The number of halogens is 1. The molecule has 0 saturated heterocycles. The molecular weight excluding hydrogens is 252 g/mol. The Bertz CT molecular complexity index is 578. The minimum absolute atomic E-state index is 0.599. The fourth-order valence-corrected chi connectivity index (χ4v) is 2.15. The van der Waals surface area contributed by atoms with Gasteiger partial charge in [0.15, 0.2) is 0 Å². The van der Waals surface area contributed by atoms with Gasteiger partial charge in [0, 0.05) is 11.3 Å². The van der Waals surface area contributed by atoms with Crippen molar-refractivity contribution in [1.29, 1.82) is 0 Å². The van der Waals surface area contributed by atoms with Crippen LogP contribution in [0.4, 0.5) is 0 Å². The molecule has 0 aliphatic carbocycles. The predicted molar refractivity (Wildman–Crippen MR) is 73.9 cm³/mol. The number of nitrogens with zero attached hydrogens (tertiary/aromatic N) is 1. The van der Waals surface area contributed by atoms with Crippen LogP contribution >= 0.6 is 23.8 Å². The number of aryl methyl sites for hydroxylation is 1. The fourth-order valence-electron chi connectivity index (χ4n) is 1.69. The molecular formula is C13H13ClN2S. The third-order valence-electron chi connectivity index (χ3n) is 2.45. The van der Waals surface area contributed by atoms with Crippen LogP contribution < -0.4 is 0 Å². The van der Waals surface area contributed by atoms with Crippen LogP contribution in [0.15, 0.2) is 30.3 Å². The second-order valence-electron chi connectivity index (χ2n) is 3.82. The highest BCUT2D eigenvalue weighted by Crippen LogP contribution is 2.24. The van der Waals surface area contributed by atoms with Crippen molar-refractivity contribution >= 4 is 23.8 Å². The average Bonchev–Trinajstić information content (AvgIpc) is 2.29. The lowest BCUT2D eigenvalue weighted by Crippen LogP contribution is -1.96. The summed E-state index contributed by atoms with van der Waals surface area (Å²) in [6, 6.07) is 9.52. The second kappa shape index (κ2) is 5.43. The zero-order valence-electron chi connectivity index (χ0n) is 9.53. The van der Waals surface area contributed by atoms with Crippen molar-refractivity contribution in [3.8, 4) is 11.4 Å². The Balaban J connectivity index is 2.52. The lowest BCUT2D eigenvalue weighted by molar-refractivity contribution is 0.873. The first kappa shape index (κ1) is 12.3. The maximum absolute atomic E-state index is 6.15. The van der Waals surface area contributed by atoms with Crippen LogP contribution in [0.1, 0.15) is 19.0 Å². The molecule has 4 heteroatoms. The molecule has 0 spiro atoms. The first-order chi connectivity index (χ1) is 8.20. The summed E-state index contributed by atoms with van der Waals surface area (Å²) in [5, 5.41) is 0.680. The van der Waals surface area contributed by atoms with E-state index in [9.17, 15) is 0 Å². The third kappa shape index (κ3) is 2.93. The van der Waals surface area contributed by atoms with Gasteiger partial charge in [-0.05, 0) is 24.6 Å². The van der Waals surface area contributed by atoms with Crippen LogP contribution in [-0.2, 0) is 6.42 Å². The largest absolute Gasteiger partial charge is 0.343 e. The summed E-state index contributed by atoms with van der Waals surface area (Å²) in [6.07, 6.45) is 2.03. The summed E-state index contributed by atoms with van der Waals surface area (Å²) >= 11 is 11.3. The van der Waals surface area contributed by atoms with Crippen LogP contribution in [0.25, 0.3) is 11.4 Å². The molecule has 2 nitrogen and oxygen atoms in total. The van der Waals surface area contributed by atoms with Crippen molar-refractivity contribution in [2.45, 2.75) is 19.8 Å². The molecule has 1 N–H and O–H groups in total. The molecule has 17 heavy (non-hydrogen) atoms. The topological polar surface area (TPSA) is 28.7 Å². The van der Waals surface area contributed by atoms with Gasteiger partial charge in [-0.1, -0.05) is 49.3 Å². The van der Waals surface area contributed by atoms with E-state index in [1.807, 2.05) is 30.3 Å². The molecule has 0 bridgehead atoms. The molecule has 0 aliphatic rings. The monoisotopic (exact) mass is 264 g/mol. The molecule has 0 saturated carbocycles. The first-order valence-electron chi connectivity index (χ1n) is 5.56. The standard InChI is InChI=1S/C13H13ClN2S/c1-2-5-9-8-12(17)16-13(15-9)10-6-3-4-7-11(10)14/h3-4,6-8H,2,5H2,1H3,(H,15,16,17). The quantitative estimate of drug-likeness (QED) is 0.832.